The van der Waals surface area contributed by atoms with E-state index in [9.17, 15) is 4.32 Å². The van der Waals surface area contributed by atoms with Gasteiger partial charge >= 0.3 is 6.27 Å². The predicted molar refractivity (Wildman–Crippen MR) is 42.7 cm³/mol. The topological polar surface area (TPSA) is 0 Å². The zero-order valence-electron chi connectivity index (χ0n) is 6.07. The zero-order valence-corrected chi connectivity index (χ0v) is 6.89. The number of hydrogen-bond donors (Lipinski definition) is 0. The van der Waals surface area contributed by atoms with Gasteiger partial charge in [-0.25, -0.2) is 9.88 Å². The van der Waals surface area contributed by atoms with Gasteiger partial charge in [0.1, 0.15) is 0 Å². The molecule has 0 aromatic rings. The van der Waals surface area contributed by atoms with Crippen molar-refractivity contribution in [2.24, 2.45) is 0 Å². The SMILES string of the molecule is CCS(C)(C)B(C)F. The predicted octanol–water partition coefficient (Wildman–Crippen LogP) is 2.16. The van der Waals surface area contributed by atoms with E-state index in [0.29, 0.717) is 0 Å². The van der Waals surface area contributed by atoms with Crippen LogP contribution in [0.2, 0.25) is 6.82 Å². The minimum absolute atomic E-state index is 0.604. The van der Waals surface area contributed by atoms with Crippen molar-refractivity contribution in [1.29, 1.82) is 0 Å². The summed E-state index contributed by atoms with van der Waals surface area (Å²) < 4.78 is 12.5. The van der Waals surface area contributed by atoms with Crippen LogP contribution < -0.4 is 0 Å². The Morgan fingerprint density at radius 3 is 1.88 bits per heavy atom. The molecule has 0 aromatic heterocycles. The van der Waals surface area contributed by atoms with Gasteiger partial charge in [-0.2, -0.15) is 0 Å². The Morgan fingerprint density at radius 1 is 1.50 bits per heavy atom. The molecule has 0 aromatic carbocycles. The number of hydrogen-bond acceptors (Lipinski definition) is 0. The van der Waals surface area contributed by atoms with Crippen LogP contribution in [0, 0.1) is 0 Å². The first-order valence-corrected chi connectivity index (χ1v) is 5.53. The summed E-state index contributed by atoms with van der Waals surface area (Å²) in [6.45, 7) is 3.70. The van der Waals surface area contributed by atoms with Crippen molar-refractivity contribution in [2.75, 3.05) is 18.3 Å². The van der Waals surface area contributed by atoms with Crippen molar-refractivity contribution in [3.8, 4) is 0 Å². The van der Waals surface area contributed by atoms with Gasteiger partial charge in [0.05, 0.1) is 0 Å². The lowest BCUT2D eigenvalue weighted by Crippen LogP contribution is -2.13. The lowest BCUT2D eigenvalue weighted by atomic mass is 10.1. The molecule has 50 valence electrons. The summed E-state index contributed by atoms with van der Waals surface area (Å²) in [5.41, 5.74) is 0. The molecule has 0 bridgehead atoms. The average Bonchev–Trinajstić information content (AvgIpc) is 1.67. The molecule has 3 heteroatoms. The molecule has 0 spiro atoms. The molecular formula is C5H14BFS. The minimum atomic E-state index is -0.903. The summed E-state index contributed by atoms with van der Waals surface area (Å²) in [4.78, 5) is 0. The molecule has 0 aliphatic rings. The lowest BCUT2D eigenvalue weighted by Gasteiger charge is -2.28. The van der Waals surface area contributed by atoms with E-state index in [1.165, 1.54) is 0 Å². The molecule has 0 aliphatic heterocycles. The van der Waals surface area contributed by atoms with E-state index in [0.717, 1.165) is 5.75 Å². The summed E-state index contributed by atoms with van der Waals surface area (Å²) in [5.74, 6) is 0.991. The van der Waals surface area contributed by atoms with Crippen LogP contribution in [0.5, 0.6) is 0 Å². The molecule has 0 fully saturated rings. The minimum Gasteiger partial charge on any atom is -0.322 e. The Kier molecular flexibility index (Phi) is 2.88. The van der Waals surface area contributed by atoms with Gasteiger partial charge in [-0.3, -0.25) is 0 Å². The third kappa shape index (κ3) is 2.08. The van der Waals surface area contributed by atoms with E-state index in [2.05, 4.69) is 0 Å². The van der Waals surface area contributed by atoms with Gasteiger partial charge in [-0.05, 0) is 25.1 Å². The van der Waals surface area contributed by atoms with Crippen LogP contribution in [-0.4, -0.2) is 24.5 Å². The highest BCUT2D eigenvalue weighted by Crippen LogP contribution is 2.42. The lowest BCUT2D eigenvalue weighted by molar-refractivity contribution is 0.866. The Balaban J connectivity index is 3.71. The maximum absolute atomic E-state index is 12.5. The van der Waals surface area contributed by atoms with Crippen LogP contribution in [0.4, 0.5) is 4.32 Å². The fraction of sp³-hybridized carbons (Fsp3) is 1.00. The van der Waals surface area contributed by atoms with Crippen LogP contribution in [0.1, 0.15) is 6.92 Å². The van der Waals surface area contributed by atoms with Crippen LogP contribution in [-0.2, 0) is 0 Å². The van der Waals surface area contributed by atoms with Gasteiger partial charge in [-0.1, -0.05) is 6.92 Å². The summed E-state index contributed by atoms with van der Waals surface area (Å²) in [5, 5.41) is 0. The van der Waals surface area contributed by atoms with E-state index < -0.39 is 16.1 Å². The maximum Gasteiger partial charge on any atom is 0.393 e. The van der Waals surface area contributed by atoms with Gasteiger partial charge in [0.2, 0.25) is 0 Å². The summed E-state index contributed by atoms with van der Waals surface area (Å²) in [6, 6.07) is 0. The smallest absolute Gasteiger partial charge is 0.322 e. The molecule has 0 N–H and O–H groups in total. The van der Waals surface area contributed by atoms with E-state index >= 15 is 0 Å². The molecule has 0 nitrogen and oxygen atoms in total. The summed E-state index contributed by atoms with van der Waals surface area (Å²) in [7, 11) is -0.903. The molecule has 0 saturated heterocycles. The van der Waals surface area contributed by atoms with Gasteiger partial charge in [0.15, 0.2) is 0 Å². The molecule has 0 aliphatic carbocycles. The highest BCUT2D eigenvalue weighted by molar-refractivity contribution is 8.52. The standard InChI is InChI=1S/C5H14BFS/c1-5-8(3,4)6(2)7/h5H2,1-4H3. The molecule has 8 heavy (non-hydrogen) atoms. The third-order valence-electron chi connectivity index (χ3n) is 1.62. The van der Waals surface area contributed by atoms with E-state index in [1.807, 2.05) is 19.4 Å². The molecule has 0 unspecified atom stereocenters. The highest BCUT2D eigenvalue weighted by Gasteiger charge is 2.22. The molecular weight excluding hydrogens is 122 g/mol. The molecule has 0 rings (SSSR count). The maximum atomic E-state index is 12.5. The molecule has 0 radical (unpaired) electrons. The quantitative estimate of drug-likeness (QED) is 0.510. The Labute approximate surface area is 53.2 Å². The Morgan fingerprint density at radius 2 is 1.88 bits per heavy atom. The monoisotopic (exact) mass is 136 g/mol. The van der Waals surface area contributed by atoms with Crippen LogP contribution >= 0.6 is 9.88 Å². The Hall–Kier alpha value is 0.345. The van der Waals surface area contributed by atoms with Crippen molar-refractivity contribution in [3.05, 3.63) is 0 Å². The zero-order chi connectivity index (χ0) is 6.78. The van der Waals surface area contributed by atoms with Crippen molar-refractivity contribution in [2.45, 2.75) is 13.7 Å². The van der Waals surface area contributed by atoms with Crippen LogP contribution in [0.15, 0.2) is 0 Å². The molecule has 0 amide bonds. The fourth-order valence-corrected chi connectivity index (χ4v) is 0.689. The fourth-order valence-electron chi connectivity index (χ4n) is 0.230. The molecule has 0 saturated carbocycles. The van der Waals surface area contributed by atoms with E-state index in [1.54, 1.807) is 6.82 Å². The summed E-state index contributed by atoms with van der Waals surface area (Å²) in [6.07, 6.45) is 3.45. The summed E-state index contributed by atoms with van der Waals surface area (Å²) >= 11 is 0. The van der Waals surface area contributed by atoms with Gasteiger partial charge in [0, 0.05) is 0 Å². The average molecular weight is 136 g/mol. The Bertz CT molecular complexity index is 72.8. The van der Waals surface area contributed by atoms with E-state index in [-0.39, 0.29) is 0 Å². The highest BCUT2D eigenvalue weighted by atomic mass is 32.3. The first-order chi connectivity index (χ1) is 3.50. The van der Waals surface area contributed by atoms with Crippen molar-refractivity contribution in [1.82, 2.24) is 0 Å². The first kappa shape index (κ1) is 8.34. The van der Waals surface area contributed by atoms with Crippen molar-refractivity contribution < 1.29 is 4.32 Å². The van der Waals surface area contributed by atoms with Gasteiger partial charge in [0.25, 0.3) is 0 Å². The third-order valence-corrected chi connectivity index (χ3v) is 4.87. The second kappa shape index (κ2) is 2.76. The van der Waals surface area contributed by atoms with Crippen molar-refractivity contribution in [3.63, 3.8) is 0 Å². The van der Waals surface area contributed by atoms with Crippen LogP contribution in [0.25, 0.3) is 0 Å². The van der Waals surface area contributed by atoms with Crippen LogP contribution in [0.3, 0.4) is 0 Å². The molecule has 0 atom stereocenters. The van der Waals surface area contributed by atoms with E-state index in [4.69, 9.17) is 0 Å². The second-order valence-electron chi connectivity index (χ2n) is 2.46. The first-order valence-electron chi connectivity index (χ1n) is 2.84. The number of rotatable bonds is 2. The number of halogens is 1. The van der Waals surface area contributed by atoms with Crippen molar-refractivity contribution >= 4 is 16.1 Å². The van der Waals surface area contributed by atoms with Gasteiger partial charge in [-0.15, -0.1) is 0 Å². The largest absolute Gasteiger partial charge is 0.393 e. The normalized spacial score (nSPS) is 13.6. The molecule has 0 heterocycles. The second-order valence-corrected chi connectivity index (χ2v) is 6.93. The van der Waals surface area contributed by atoms with Gasteiger partial charge < -0.3 is 4.32 Å².